The number of amides is 2. The summed E-state index contributed by atoms with van der Waals surface area (Å²) in [5, 5.41) is 0. The van der Waals surface area contributed by atoms with Crippen molar-refractivity contribution >= 4 is 67.3 Å². The van der Waals surface area contributed by atoms with E-state index >= 15 is 0 Å². The van der Waals surface area contributed by atoms with Gasteiger partial charge in [0.25, 0.3) is 5.91 Å². The van der Waals surface area contributed by atoms with E-state index in [0.29, 0.717) is 17.1 Å². The average molecular weight is 495 g/mol. The minimum atomic E-state index is -1.24. The van der Waals surface area contributed by atoms with Crippen LogP contribution < -0.4 is 13.9 Å². The minimum Gasteiger partial charge on any atom is -0.306 e. The summed E-state index contributed by atoms with van der Waals surface area (Å²) in [4.78, 5) is 31.2. The Morgan fingerprint density at radius 1 is 1.31 bits per heavy atom. The Kier molecular flexibility index (Phi) is 5.95. The number of carbonyl (C=O) groups excluding carboxylic acids is 2. The van der Waals surface area contributed by atoms with E-state index in [0.717, 1.165) is 40.2 Å². The first-order valence-corrected chi connectivity index (χ1v) is 11.8. The lowest BCUT2D eigenvalue weighted by molar-refractivity contribution is -0.116. The Morgan fingerprint density at radius 2 is 2.14 bits per heavy atom. The van der Waals surface area contributed by atoms with Crippen LogP contribution in [0, 0.1) is 6.92 Å². The van der Waals surface area contributed by atoms with E-state index in [4.69, 9.17) is 0 Å². The molecule has 0 bridgehead atoms. The molecule has 2 fully saturated rings. The second-order valence-corrected chi connectivity index (χ2v) is 10.5. The fourth-order valence-electron chi connectivity index (χ4n) is 3.37. The van der Waals surface area contributed by atoms with Gasteiger partial charge in [0, 0.05) is 18.8 Å². The number of nitrogens with one attached hydrogen (secondary N) is 1. The highest BCUT2D eigenvalue weighted by molar-refractivity contribution is 9.11. The van der Waals surface area contributed by atoms with Crippen LogP contribution >= 0.6 is 27.3 Å². The first-order chi connectivity index (χ1) is 13.9. The summed E-state index contributed by atoms with van der Waals surface area (Å²) in [5.41, 5.74) is 3.15. The summed E-state index contributed by atoms with van der Waals surface area (Å²) in [5.74, 6) is -0.406. The fourth-order valence-corrected chi connectivity index (χ4v) is 5.80. The van der Waals surface area contributed by atoms with Gasteiger partial charge < -0.3 is 4.90 Å². The van der Waals surface area contributed by atoms with Gasteiger partial charge in [0.1, 0.15) is 0 Å². The van der Waals surface area contributed by atoms with Crippen molar-refractivity contribution in [2.24, 2.45) is 4.99 Å². The Hall–Kier alpha value is -1.88. The van der Waals surface area contributed by atoms with Gasteiger partial charge in [0.2, 0.25) is 5.91 Å². The van der Waals surface area contributed by atoms with E-state index in [1.54, 1.807) is 17.0 Å². The molecule has 1 N–H and O–H groups in total. The van der Waals surface area contributed by atoms with Crippen molar-refractivity contribution in [2.45, 2.75) is 19.8 Å². The molecule has 1 aromatic heterocycles. The monoisotopic (exact) mass is 494 g/mol. The zero-order chi connectivity index (χ0) is 20.5. The van der Waals surface area contributed by atoms with Gasteiger partial charge in [-0.3, -0.25) is 13.9 Å². The number of benzene rings is 1. The molecule has 152 valence electrons. The van der Waals surface area contributed by atoms with Crippen LogP contribution in [0.2, 0.25) is 0 Å². The van der Waals surface area contributed by atoms with Crippen LogP contribution in [0.5, 0.6) is 0 Å². The first kappa shape index (κ1) is 20.4. The van der Waals surface area contributed by atoms with Crippen molar-refractivity contribution < 1.29 is 13.8 Å². The SMILES string of the molecule is Cc1cc(N2CC(=NC(=O)c3ccc(Br)s3)CC2=O)ccc1N1CCCNS1=O. The van der Waals surface area contributed by atoms with Crippen LogP contribution in [0.25, 0.3) is 0 Å². The van der Waals surface area contributed by atoms with Gasteiger partial charge in [-0.1, -0.05) is 0 Å². The number of carbonyl (C=O) groups is 2. The Labute approximate surface area is 183 Å². The van der Waals surface area contributed by atoms with Crippen LogP contribution in [0.3, 0.4) is 0 Å². The lowest BCUT2D eigenvalue weighted by Gasteiger charge is -2.29. The van der Waals surface area contributed by atoms with Gasteiger partial charge in [-0.25, -0.2) is 13.9 Å². The summed E-state index contributed by atoms with van der Waals surface area (Å²) in [7, 11) is 0. The van der Waals surface area contributed by atoms with Crippen molar-refractivity contribution in [3.8, 4) is 0 Å². The zero-order valence-electron chi connectivity index (χ0n) is 15.7. The van der Waals surface area contributed by atoms with Crippen molar-refractivity contribution in [3.05, 3.63) is 44.6 Å². The van der Waals surface area contributed by atoms with Crippen LogP contribution in [0.4, 0.5) is 11.4 Å². The molecule has 29 heavy (non-hydrogen) atoms. The van der Waals surface area contributed by atoms with Gasteiger partial charge in [-0.05, 0) is 65.2 Å². The maximum atomic E-state index is 12.5. The van der Waals surface area contributed by atoms with Crippen LogP contribution in [0.15, 0.2) is 39.1 Å². The normalized spacial score (nSPS) is 21.2. The average Bonchev–Trinajstić information content (AvgIpc) is 3.28. The highest BCUT2D eigenvalue weighted by Gasteiger charge is 2.29. The van der Waals surface area contributed by atoms with E-state index in [2.05, 4.69) is 25.6 Å². The Bertz CT molecular complexity index is 1040. The summed E-state index contributed by atoms with van der Waals surface area (Å²) >= 11 is 3.42. The lowest BCUT2D eigenvalue weighted by atomic mass is 10.1. The second kappa shape index (κ2) is 8.47. The van der Waals surface area contributed by atoms with E-state index in [-0.39, 0.29) is 18.2 Å². The van der Waals surface area contributed by atoms with Gasteiger partial charge in [0.05, 0.1) is 33.0 Å². The molecule has 2 saturated heterocycles. The number of aliphatic imine (C=N–C) groups is 1. The predicted octanol–water partition coefficient (Wildman–Crippen LogP) is 3.22. The zero-order valence-corrected chi connectivity index (χ0v) is 18.9. The Morgan fingerprint density at radius 3 is 2.83 bits per heavy atom. The largest absolute Gasteiger partial charge is 0.306 e. The number of halogens is 1. The third kappa shape index (κ3) is 4.35. The van der Waals surface area contributed by atoms with Crippen LogP contribution in [-0.2, 0) is 16.0 Å². The molecular weight excluding hydrogens is 476 g/mol. The maximum absolute atomic E-state index is 12.5. The molecule has 2 amide bonds. The van der Waals surface area contributed by atoms with Gasteiger partial charge >= 0.3 is 0 Å². The number of anilines is 2. The summed E-state index contributed by atoms with van der Waals surface area (Å²) in [6, 6.07) is 9.19. The molecule has 1 aromatic carbocycles. The van der Waals surface area contributed by atoms with Gasteiger partial charge in [-0.15, -0.1) is 11.3 Å². The molecule has 4 rings (SSSR count). The molecule has 1 unspecified atom stereocenters. The van der Waals surface area contributed by atoms with Crippen LogP contribution in [-0.4, -0.2) is 41.4 Å². The van der Waals surface area contributed by atoms with Crippen molar-refractivity contribution in [3.63, 3.8) is 0 Å². The lowest BCUT2D eigenvalue weighted by Crippen LogP contribution is -2.42. The molecule has 10 heteroatoms. The molecule has 0 saturated carbocycles. The van der Waals surface area contributed by atoms with Crippen molar-refractivity contribution in [1.82, 2.24) is 4.72 Å². The van der Waals surface area contributed by atoms with Gasteiger partial charge in [0.15, 0.2) is 11.2 Å². The number of hydrogen-bond acceptors (Lipinski definition) is 4. The highest BCUT2D eigenvalue weighted by Crippen LogP contribution is 2.29. The van der Waals surface area contributed by atoms with Crippen LogP contribution in [0.1, 0.15) is 28.1 Å². The molecule has 1 atom stereocenters. The van der Waals surface area contributed by atoms with Gasteiger partial charge in [-0.2, -0.15) is 0 Å². The molecular formula is C19H19BrN4O3S2. The topological polar surface area (TPSA) is 82.1 Å². The third-order valence-electron chi connectivity index (χ3n) is 4.77. The van der Waals surface area contributed by atoms with E-state index in [1.165, 1.54) is 11.3 Å². The molecule has 2 aromatic rings. The quantitative estimate of drug-likeness (QED) is 0.710. The molecule has 0 spiro atoms. The number of rotatable bonds is 3. The predicted molar refractivity (Wildman–Crippen MR) is 120 cm³/mol. The summed E-state index contributed by atoms with van der Waals surface area (Å²) in [6.07, 6.45) is 1.06. The Balaban J connectivity index is 1.52. The van der Waals surface area contributed by atoms with E-state index in [9.17, 15) is 13.8 Å². The molecule has 2 aliphatic heterocycles. The highest BCUT2D eigenvalue weighted by atomic mass is 79.9. The molecule has 7 nitrogen and oxygen atoms in total. The molecule has 0 aliphatic carbocycles. The summed E-state index contributed by atoms with van der Waals surface area (Å²) < 4.78 is 17.9. The van der Waals surface area contributed by atoms with Crippen molar-refractivity contribution in [1.29, 1.82) is 0 Å². The third-order valence-corrected chi connectivity index (χ3v) is 7.61. The fraction of sp³-hybridized carbons (Fsp3) is 0.316. The smallest absolute Gasteiger partial charge is 0.287 e. The standard InChI is InChI=1S/C19H19BrN4O3S2/c1-12-9-14(3-4-15(12)24-8-2-7-21-29(24)27)23-11-13(10-18(23)25)22-19(26)16-5-6-17(20)28-16/h3-6,9,21H,2,7-8,10-11H2,1H3. The second-order valence-electron chi connectivity index (χ2n) is 6.81. The number of thiophene rings is 1. The number of nitrogens with zero attached hydrogens (tertiary/aromatic N) is 3. The van der Waals surface area contributed by atoms with E-state index in [1.807, 2.05) is 29.4 Å². The first-order valence-electron chi connectivity index (χ1n) is 9.12. The molecule has 3 heterocycles. The number of hydrogen-bond donors (Lipinski definition) is 1. The van der Waals surface area contributed by atoms with Crippen molar-refractivity contribution in [2.75, 3.05) is 28.8 Å². The maximum Gasteiger partial charge on any atom is 0.287 e. The number of aryl methyl sites for hydroxylation is 1. The minimum absolute atomic E-state index is 0.0840. The van der Waals surface area contributed by atoms with E-state index < -0.39 is 11.2 Å². The summed E-state index contributed by atoms with van der Waals surface area (Å²) in [6.45, 7) is 3.71. The molecule has 2 aliphatic rings. The molecule has 0 radical (unpaired) electrons.